The van der Waals surface area contributed by atoms with Crippen molar-refractivity contribution in [3.63, 3.8) is 0 Å². The second kappa shape index (κ2) is 9.04. The normalized spacial score (nSPS) is 10.6. The predicted octanol–water partition coefficient (Wildman–Crippen LogP) is 3.59. The first-order chi connectivity index (χ1) is 12.0. The number of rotatable bonds is 7. The van der Waals surface area contributed by atoms with Crippen LogP contribution in [0.5, 0.6) is 0 Å². The first-order valence-electron chi connectivity index (χ1n) is 7.95. The predicted molar refractivity (Wildman–Crippen MR) is 103 cm³/mol. The number of nitrogens with one attached hydrogen (secondary N) is 2. The van der Waals surface area contributed by atoms with Crippen molar-refractivity contribution in [1.82, 2.24) is 10.4 Å². The number of carbonyl (C=O) groups is 1. The van der Waals surface area contributed by atoms with E-state index in [0.29, 0.717) is 18.7 Å². The van der Waals surface area contributed by atoms with Crippen LogP contribution in [0.2, 0.25) is 0 Å². The molecule has 0 aliphatic carbocycles. The molecule has 7 heteroatoms. The minimum Gasteiger partial charge on any atom is -0.371 e. The van der Waals surface area contributed by atoms with E-state index < -0.39 is 0 Å². The van der Waals surface area contributed by atoms with Gasteiger partial charge in [-0.1, -0.05) is 6.07 Å². The molecular formula is C18H20BrN5O. The Hall–Kier alpha value is -2.59. The third-order valence-electron chi connectivity index (χ3n) is 3.76. The van der Waals surface area contributed by atoms with Gasteiger partial charge in [0.25, 0.3) is 5.91 Å². The Morgan fingerprint density at radius 1 is 1.48 bits per heavy atom. The van der Waals surface area contributed by atoms with Crippen molar-refractivity contribution in [2.75, 3.05) is 18.0 Å². The van der Waals surface area contributed by atoms with Crippen LogP contribution in [0.25, 0.3) is 0 Å². The molecule has 25 heavy (non-hydrogen) atoms. The molecule has 2 N–H and O–H groups in total. The number of aromatic amines is 1. The van der Waals surface area contributed by atoms with E-state index in [9.17, 15) is 4.79 Å². The molecule has 0 radical (unpaired) electrons. The van der Waals surface area contributed by atoms with Gasteiger partial charge in [0.15, 0.2) is 0 Å². The summed E-state index contributed by atoms with van der Waals surface area (Å²) in [5.74, 6) is -0.301. The maximum atomic E-state index is 11.9. The van der Waals surface area contributed by atoms with Crippen molar-refractivity contribution < 1.29 is 4.79 Å². The van der Waals surface area contributed by atoms with Gasteiger partial charge in [0.2, 0.25) is 0 Å². The smallest absolute Gasteiger partial charge is 0.287 e. The van der Waals surface area contributed by atoms with Gasteiger partial charge < -0.3 is 9.88 Å². The molecule has 6 nitrogen and oxygen atoms in total. The van der Waals surface area contributed by atoms with Crippen molar-refractivity contribution in [3.8, 4) is 6.07 Å². The maximum Gasteiger partial charge on any atom is 0.287 e. The van der Waals surface area contributed by atoms with Crippen molar-refractivity contribution in [3.05, 3.63) is 51.8 Å². The number of halogens is 1. The molecule has 0 aliphatic heterocycles. The highest BCUT2D eigenvalue weighted by Gasteiger charge is 2.07. The highest BCUT2D eigenvalue weighted by atomic mass is 79.9. The van der Waals surface area contributed by atoms with Gasteiger partial charge in [-0.3, -0.25) is 4.79 Å². The molecule has 0 unspecified atom stereocenters. The fraction of sp³-hybridized carbons (Fsp3) is 0.278. The lowest BCUT2D eigenvalue weighted by molar-refractivity contribution is 0.0951. The summed E-state index contributed by atoms with van der Waals surface area (Å²) in [6, 6.07) is 9.88. The zero-order chi connectivity index (χ0) is 18.2. The molecule has 1 aromatic carbocycles. The minimum absolute atomic E-state index is 0.301. The van der Waals surface area contributed by atoms with Gasteiger partial charge in [-0.15, -0.1) is 0 Å². The molecule has 2 aromatic rings. The number of carbonyl (C=O) groups excluding carboxylic acids is 1. The first-order valence-corrected chi connectivity index (χ1v) is 8.74. The second-order valence-electron chi connectivity index (χ2n) is 5.46. The van der Waals surface area contributed by atoms with Crippen LogP contribution in [0.3, 0.4) is 0 Å². The van der Waals surface area contributed by atoms with E-state index in [1.165, 1.54) is 0 Å². The number of hydrazone groups is 1. The van der Waals surface area contributed by atoms with Gasteiger partial charge in [0.1, 0.15) is 5.69 Å². The average Bonchev–Trinajstić information content (AvgIpc) is 3.04. The number of benzene rings is 1. The lowest BCUT2D eigenvalue weighted by Crippen LogP contribution is -2.23. The number of aryl methyl sites for hydroxylation is 1. The number of nitriles is 1. The summed E-state index contributed by atoms with van der Waals surface area (Å²) in [5.41, 5.74) is 5.98. The van der Waals surface area contributed by atoms with Gasteiger partial charge in [0.05, 0.1) is 18.7 Å². The highest BCUT2D eigenvalue weighted by molar-refractivity contribution is 9.10. The number of amides is 1. The topological polar surface area (TPSA) is 84.3 Å². The number of nitrogens with zero attached hydrogens (tertiary/aromatic N) is 3. The van der Waals surface area contributed by atoms with Crippen LogP contribution in [0.1, 0.15) is 35.0 Å². The average molecular weight is 402 g/mol. The lowest BCUT2D eigenvalue weighted by Gasteiger charge is -2.22. The zero-order valence-corrected chi connectivity index (χ0v) is 15.8. The molecule has 130 valence electrons. The van der Waals surface area contributed by atoms with E-state index in [4.69, 9.17) is 5.26 Å². The lowest BCUT2D eigenvalue weighted by atomic mass is 10.1. The zero-order valence-electron chi connectivity index (χ0n) is 14.2. The summed E-state index contributed by atoms with van der Waals surface area (Å²) in [6.07, 6.45) is 3.81. The van der Waals surface area contributed by atoms with Crippen LogP contribution >= 0.6 is 15.9 Å². The molecule has 1 aromatic heterocycles. The van der Waals surface area contributed by atoms with Gasteiger partial charge in [-0.2, -0.15) is 10.4 Å². The van der Waals surface area contributed by atoms with E-state index in [0.717, 1.165) is 27.8 Å². The third kappa shape index (κ3) is 5.19. The summed E-state index contributed by atoms with van der Waals surface area (Å²) < 4.78 is 0.810. The Labute approximate surface area is 155 Å². The molecular weight excluding hydrogens is 382 g/mol. The largest absolute Gasteiger partial charge is 0.371 e. The first kappa shape index (κ1) is 18.7. The molecule has 2 rings (SSSR count). The molecule has 0 saturated heterocycles. The number of hydrogen-bond acceptors (Lipinski definition) is 4. The number of anilines is 1. The van der Waals surface area contributed by atoms with Crippen LogP contribution in [0.15, 0.2) is 40.0 Å². The Bertz CT molecular complexity index is 806. The monoisotopic (exact) mass is 401 g/mol. The minimum atomic E-state index is -0.301. The van der Waals surface area contributed by atoms with Crippen LogP contribution in [-0.2, 0) is 0 Å². The molecule has 0 fully saturated rings. The molecule has 0 atom stereocenters. The summed E-state index contributed by atoms with van der Waals surface area (Å²) in [4.78, 5) is 16.9. The number of H-pyrrole nitrogens is 1. The maximum absolute atomic E-state index is 11.9. The van der Waals surface area contributed by atoms with Crippen molar-refractivity contribution in [2.24, 2.45) is 5.10 Å². The van der Waals surface area contributed by atoms with E-state index >= 15 is 0 Å². The van der Waals surface area contributed by atoms with Gasteiger partial charge >= 0.3 is 0 Å². The van der Waals surface area contributed by atoms with Crippen LogP contribution < -0.4 is 10.3 Å². The summed E-state index contributed by atoms with van der Waals surface area (Å²) in [5, 5.41) is 12.8. The fourth-order valence-electron chi connectivity index (χ4n) is 2.38. The molecule has 0 bridgehead atoms. The number of hydrogen-bond donors (Lipinski definition) is 2. The highest BCUT2D eigenvalue weighted by Crippen LogP contribution is 2.18. The SMILES string of the molecule is CCN(CCC#N)c1ccc(/C=N\NC(=O)c2cc(Br)c[nH]2)c(C)c1. The van der Waals surface area contributed by atoms with E-state index in [1.54, 1.807) is 18.5 Å². The molecule has 1 amide bonds. The fourth-order valence-corrected chi connectivity index (χ4v) is 2.72. The second-order valence-corrected chi connectivity index (χ2v) is 6.38. The Morgan fingerprint density at radius 2 is 2.28 bits per heavy atom. The molecule has 0 saturated carbocycles. The number of aromatic nitrogens is 1. The third-order valence-corrected chi connectivity index (χ3v) is 4.21. The molecule has 0 aliphatic rings. The summed E-state index contributed by atoms with van der Waals surface area (Å²) in [7, 11) is 0. The summed E-state index contributed by atoms with van der Waals surface area (Å²) >= 11 is 3.28. The van der Waals surface area contributed by atoms with Crippen molar-refractivity contribution in [2.45, 2.75) is 20.3 Å². The molecule has 0 spiro atoms. The van der Waals surface area contributed by atoms with Crippen LogP contribution in [0, 0.1) is 18.3 Å². The van der Waals surface area contributed by atoms with Crippen molar-refractivity contribution in [1.29, 1.82) is 5.26 Å². The van der Waals surface area contributed by atoms with E-state index in [1.807, 2.05) is 19.1 Å². The van der Waals surface area contributed by atoms with Crippen LogP contribution in [0.4, 0.5) is 5.69 Å². The van der Waals surface area contributed by atoms with Gasteiger partial charge in [-0.05, 0) is 59.1 Å². The van der Waals surface area contributed by atoms with Gasteiger partial charge in [-0.25, -0.2) is 5.43 Å². The quantitative estimate of drug-likeness (QED) is 0.548. The van der Waals surface area contributed by atoms with E-state index in [-0.39, 0.29) is 5.91 Å². The van der Waals surface area contributed by atoms with Crippen molar-refractivity contribution >= 4 is 33.7 Å². The van der Waals surface area contributed by atoms with Gasteiger partial charge in [0, 0.05) is 29.4 Å². The van der Waals surface area contributed by atoms with Crippen LogP contribution in [-0.4, -0.2) is 30.2 Å². The Kier molecular flexibility index (Phi) is 6.78. The van der Waals surface area contributed by atoms with E-state index in [2.05, 4.69) is 55.4 Å². The molecule has 1 heterocycles. The Morgan fingerprint density at radius 3 is 2.88 bits per heavy atom. The summed E-state index contributed by atoms with van der Waals surface area (Å²) in [6.45, 7) is 5.61. The standard InChI is InChI=1S/C18H20BrN5O/c1-3-24(8-4-7-20)16-6-5-14(13(2)9-16)11-22-23-18(25)17-10-15(19)12-21-17/h5-6,9-12,21H,3-4,8H2,1-2H3,(H,23,25)/b22-11-. The Balaban J connectivity index is 2.02.